The first-order valence-corrected chi connectivity index (χ1v) is 4.20. The van der Waals surface area contributed by atoms with E-state index in [9.17, 15) is 4.79 Å². The van der Waals surface area contributed by atoms with Gasteiger partial charge in [0.2, 0.25) is 0 Å². The number of ether oxygens (including phenoxy) is 1. The maximum Gasteiger partial charge on any atom is 0.409 e. The molecule has 1 fully saturated rings. The van der Waals surface area contributed by atoms with E-state index < -0.39 is 0 Å². The maximum absolute atomic E-state index is 11.0. The molecule has 0 unspecified atom stereocenters. The molecule has 12 heavy (non-hydrogen) atoms. The summed E-state index contributed by atoms with van der Waals surface area (Å²) >= 11 is 0. The van der Waals surface area contributed by atoms with Crippen molar-refractivity contribution in [3.05, 3.63) is 0 Å². The van der Waals surface area contributed by atoms with Crippen molar-refractivity contribution in [1.82, 2.24) is 4.90 Å². The van der Waals surface area contributed by atoms with Gasteiger partial charge in [0.05, 0.1) is 6.54 Å². The Morgan fingerprint density at radius 3 is 2.75 bits per heavy atom. The highest BCUT2D eigenvalue weighted by Gasteiger charge is 2.23. The van der Waals surface area contributed by atoms with Crippen molar-refractivity contribution in [2.24, 2.45) is 5.73 Å². The first kappa shape index (κ1) is 9.32. The molecule has 0 aromatic heterocycles. The molecule has 0 atom stereocenters. The molecule has 1 amide bonds. The van der Waals surface area contributed by atoms with Gasteiger partial charge >= 0.3 is 6.09 Å². The fraction of sp³-hybridized carbons (Fsp3) is 0.875. The quantitative estimate of drug-likeness (QED) is 0.677. The number of amides is 1. The summed E-state index contributed by atoms with van der Waals surface area (Å²) in [6.07, 6.45) is 0.599. The van der Waals surface area contributed by atoms with Crippen LogP contribution in [0.25, 0.3) is 0 Å². The molecule has 1 aliphatic heterocycles. The van der Waals surface area contributed by atoms with Gasteiger partial charge in [0.25, 0.3) is 0 Å². The SMILES string of the molecule is CC(C)(N)CCN1CCOC1=O. The van der Waals surface area contributed by atoms with Gasteiger partial charge in [-0.15, -0.1) is 0 Å². The molecule has 1 heterocycles. The number of rotatable bonds is 3. The van der Waals surface area contributed by atoms with Crippen molar-refractivity contribution in [1.29, 1.82) is 0 Å². The second-order valence-electron chi connectivity index (χ2n) is 3.84. The van der Waals surface area contributed by atoms with Gasteiger partial charge in [-0.1, -0.05) is 0 Å². The van der Waals surface area contributed by atoms with Gasteiger partial charge in [0.1, 0.15) is 6.61 Å². The molecule has 4 nitrogen and oxygen atoms in total. The first-order valence-electron chi connectivity index (χ1n) is 4.20. The Bertz CT molecular complexity index is 174. The van der Waals surface area contributed by atoms with Crippen molar-refractivity contribution in [2.45, 2.75) is 25.8 Å². The van der Waals surface area contributed by atoms with E-state index in [0.717, 1.165) is 6.42 Å². The Kier molecular flexibility index (Phi) is 2.57. The highest BCUT2D eigenvalue weighted by atomic mass is 16.6. The lowest BCUT2D eigenvalue weighted by Gasteiger charge is -2.21. The second-order valence-corrected chi connectivity index (χ2v) is 3.84. The third-order valence-corrected chi connectivity index (χ3v) is 1.87. The average molecular weight is 172 g/mol. The fourth-order valence-corrected chi connectivity index (χ4v) is 1.05. The van der Waals surface area contributed by atoms with Crippen molar-refractivity contribution in [2.75, 3.05) is 19.7 Å². The minimum absolute atomic E-state index is 0.205. The second kappa shape index (κ2) is 3.31. The lowest BCUT2D eigenvalue weighted by Crippen LogP contribution is -2.37. The molecular weight excluding hydrogens is 156 g/mol. The van der Waals surface area contributed by atoms with Crippen LogP contribution < -0.4 is 5.73 Å². The summed E-state index contributed by atoms with van der Waals surface area (Å²) < 4.78 is 4.78. The first-order chi connectivity index (χ1) is 5.49. The van der Waals surface area contributed by atoms with Crippen LogP contribution in [-0.2, 0) is 4.74 Å². The molecule has 1 saturated heterocycles. The Hall–Kier alpha value is -0.770. The van der Waals surface area contributed by atoms with E-state index in [4.69, 9.17) is 10.5 Å². The van der Waals surface area contributed by atoms with Crippen LogP contribution in [0.15, 0.2) is 0 Å². The number of hydrogen-bond donors (Lipinski definition) is 1. The van der Waals surface area contributed by atoms with Gasteiger partial charge in [-0.2, -0.15) is 0 Å². The zero-order chi connectivity index (χ0) is 9.19. The molecule has 0 aromatic carbocycles. The summed E-state index contributed by atoms with van der Waals surface area (Å²) in [6.45, 7) is 5.82. The van der Waals surface area contributed by atoms with Gasteiger partial charge < -0.3 is 15.4 Å². The number of cyclic esters (lactones) is 1. The molecular formula is C8H16N2O2. The molecule has 1 rings (SSSR count). The minimum Gasteiger partial charge on any atom is -0.448 e. The third kappa shape index (κ3) is 2.70. The van der Waals surface area contributed by atoms with Gasteiger partial charge in [-0.3, -0.25) is 0 Å². The lowest BCUT2D eigenvalue weighted by molar-refractivity contribution is 0.157. The summed E-state index contributed by atoms with van der Waals surface area (Å²) in [5.74, 6) is 0. The minimum atomic E-state index is -0.209. The van der Waals surface area contributed by atoms with E-state index in [1.54, 1.807) is 4.90 Å². The number of hydrogen-bond acceptors (Lipinski definition) is 3. The number of nitrogens with zero attached hydrogens (tertiary/aromatic N) is 1. The normalized spacial score (nSPS) is 18.2. The molecule has 4 heteroatoms. The smallest absolute Gasteiger partial charge is 0.409 e. The maximum atomic E-state index is 11.0. The Balaban J connectivity index is 2.27. The number of carbonyl (C=O) groups is 1. The monoisotopic (exact) mass is 172 g/mol. The van der Waals surface area contributed by atoms with E-state index >= 15 is 0 Å². The van der Waals surface area contributed by atoms with Crippen molar-refractivity contribution in [3.63, 3.8) is 0 Å². The van der Waals surface area contributed by atoms with Crippen LogP contribution in [-0.4, -0.2) is 36.2 Å². The van der Waals surface area contributed by atoms with Crippen LogP contribution in [0.3, 0.4) is 0 Å². The predicted octanol–water partition coefficient (Wildman–Crippen LogP) is 0.566. The third-order valence-electron chi connectivity index (χ3n) is 1.87. The standard InChI is InChI=1S/C8H16N2O2/c1-8(2,9)3-4-10-5-6-12-7(10)11/h3-6,9H2,1-2H3. The molecule has 0 radical (unpaired) electrons. The predicted molar refractivity (Wildman–Crippen MR) is 45.8 cm³/mol. The molecule has 1 aliphatic rings. The Morgan fingerprint density at radius 1 is 1.67 bits per heavy atom. The fourth-order valence-electron chi connectivity index (χ4n) is 1.05. The van der Waals surface area contributed by atoms with Crippen molar-refractivity contribution < 1.29 is 9.53 Å². The molecule has 0 aromatic rings. The van der Waals surface area contributed by atoms with E-state index in [1.165, 1.54) is 0 Å². The molecule has 70 valence electrons. The van der Waals surface area contributed by atoms with E-state index in [0.29, 0.717) is 19.7 Å². The summed E-state index contributed by atoms with van der Waals surface area (Å²) in [4.78, 5) is 12.6. The van der Waals surface area contributed by atoms with E-state index in [-0.39, 0.29) is 11.6 Å². The summed E-state index contributed by atoms with van der Waals surface area (Å²) in [5, 5.41) is 0. The van der Waals surface area contributed by atoms with Crippen molar-refractivity contribution >= 4 is 6.09 Å². The largest absolute Gasteiger partial charge is 0.448 e. The zero-order valence-electron chi connectivity index (χ0n) is 7.67. The molecule has 0 spiro atoms. The Morgan fingerprint density at radius 2 is 2.33 bits per heavy atom. The van der Waals surface area contributed by atoms with Crippen LogP contribution in [0.1, 0.15) is 20.3 Å². The Labute approximate surface area is 72.7 Å². The summed E-state index contributed by atoms with van der Waals surface area (Å²) in [6, 6.07) is 0. The highest BCUT2D eigenvalue weighted by Crippen LogP contribution is 2.09. The van der Waals surface area contributed by atoms with Crippen molar-refractivity contribution in [3.8, 4) is 0 Å². The lowest BCUT2D eigenvalue weighted by atomic mass is 10.0. The molecule has 2 N–H and O–H groups in total. The van der Waals surface area contributed by atoms with E-state index in [1.807, 2.05) is 13.8 Å². The topological polar surface area (TPSA) is 55.6 Å². The van der Waals surface area contributed by atoms with Gasteiger partial charge in [0.15, 0.2) is 0 Å². The summed E-state index contributed by atoms with van der Waals surface area (Å²) in [7, 11) is 0. The average Bonchev–Trinajstić information content (AvgIpc) is 2.29. The molecule has 0 aliphatic carbocycles. The van der Waals surface area contributed by atoms with Crippen LogP contribution >= 0.6 is 0 Å². The highest BCUT2D eigenvalue weighted by molar-refractivity contribution is 5.69. The molecule has 0 bridgehead atoms. The van der Waals surface area contributed by atoms with Gasteiger partial charge in [-0.25, -0.2) is 4.79 Å². The van der Waals surface area contributed by atoms with Gasteiger partial charge in [0, 0.05) is 12.1 Å². The molecule has 0 saturated carbocycles. The van der Waals surface area contributed by atoms with E-state index in [2.05, 4.69) is 0 Å². The zero-order valence-corrected chi connectivity index (χ0v) is 7.67. The number of carbonyl (C=O) groups excluding carboxylic acids is 1. The van der Waals surface area contributed by atoms with Crippen LogP contribution in [0, 0.1) is 0 Å². The van der Waals surface area contributed by atoms with Crippen LogP contribution in [0.2, 0.25) is 0 Å². The van der Waals surface area contributed by atoms with Gasteiger partial charge in [-0.05, 0) is 20.3 Å². The van der Waals surface area contributed by atoms with Crippen LogP contribution in [0.4, 0.5) is 4.79 Å². The summed E-state index contributed by atoms with van der Waals surface area (Å²) in [5.41, 5.74) is 5.57. The number of nitrogens with two attached hydrogens (primary N) is 1. The van der Waals surface area contributed by atoms with Crippen LogP contribution in [0.5, 0.6) is 0 Å².